The lowest BCUT2D eigenvalue weighted by Gasteiger charge is -2.46. The highest BCUT2D eigenvalue weighted by atomic mass is 16.6. The van der Waals surface area contributed by atoms with E-state index >= 15 is 0 Å². The molecule has 0 bridgehead atoms. The van der Waals surface area contributed by atoms with Gasteiger partial charge in [-0.05, 0) is 37.0 Å². The second kappa shape index (κ2) is 2.01. The average Bonchev–Trinajstić information content (AvgIpc) is 2.66. The highest BCUT2D eigenvalue weighted by Gasteiger charge is 2.58. The number of epoxide rings is 1. The molecule has 0 amide bonds. The van der Waals surface area contributed by atoms with E-state index in [1.165, 1.54) is 25.7 Å². The number of fused-ring (bicyclic) bond motifs is 3. The van der Waals surface area contributed by atoms with E-state index in [1.807, 2.05) is 0 Å². The summed E-state index contributed by atoms with van der Waals surface area (Å²) in [4.78, 5) is 0. The second-order valence-electron chi connectivity index (χ2n) is 4.46. The summed E-state index contributed by atoms with van der Waals surface area (Å²) in [5.74, 6) is 3.07. The average molecular weight is 152 g/mol. The van der Waals surface area contributed by atoms with Crippen LogP contribution >= 0.6 is 0 Å². The van der Waals surface area contributed by atoms with Crippen LogP contribution in [0.2, 0.25) is 0 Å². The summed E-state index contributed by atoms with van der Waals surface area (Å²) in [7, 11) is 0. The topological polar surface area (TPSA) is 12.5 Å². The van der Waals surface area contributed by atoms with Gasteiger partial charge in [0.1, 0.15) is 0 Å². The fourth-order valence-corrected chi connectivity index (χ4v) is 3.28. The van der Waals surface area contributed by atoms with Gasteiger partial charge in [0, 0.05) is 0 Å². The number of ether oxygens (including phenoxy) is 1. The Morgan fingerprint density at radius 1 is 1.36 bits per heavy atom. The van der Waals surface area contributed by atoms with Gasteiger partial charge in [-0.3, -0.25) is 0 Å². The van der Waals surface area contributed by atoms with Gasteiger partial charge < -0.3 is 4.74 Å². The first kappa shape index (κ1) is 6.47. The zero-order valence-electron chi connectivity index (χ0n) is 7.12. The van der Waals surface area contributed by atoms with Crippen LogP contribution in [-0.2, 0) is 4.74 Å². The molecule has 1 heterocycles. The minimum Gasteiger partial charge on any atom is -0.369 e. The van der Waals surface area contributed by atoms with Crippen molar-refractivity contribution in [2.24, 2.45) is 17.8 Å². The lowest BCUT2D eigenvalue weighted by atomic mass is 9.58. The van der Waals surface area contributed by atoms with Gasteiger partial charge in [-0.1, -0.05) is 13.3 Å². The molecule has 2 saturated carbocycles. The van der Waals surface area contributed by atoms with Crippen molar-refractivity contribution in [3.63, 3.8) is 0 Å². The highest BCUT2D eigenvalue weighted by molar-refractivity contribution is 5.05. The molecule has 3 fully saturated rings. The predicted octanol–water partition coefficient (Wildman–Crippen LogP) is 2.21. The van der Waals surface area contributed by atoms with E-state index in [2.05, 4.69) is 6.92 Å². The van der Waals surface area contributed by atoms with Crippen molar-refractivity contribution in [3.8, 4) is 0 Å². The van der Waals surface area contributed by atoms with E-state index in [0.717, 1.165) is 17.8 Å². The molecule has 0 N–H and O–H groups in total. The molecular formula is C10H16O. The van der Waals surface area contributed by atoms with Gasteiger partial charge in [0.15, 0.2) is 0 Å². The molecule has 5 unspecified atom stereocenters. The summed E-state index contributed by atoms with van der Waals surface area (Å²) in [6.07, 6.45) is 7.13. The van der Waals surface area contributed by atoms with Crippen molar-refractivity contribution < 1.29 is 4.74 Å². The second-order valence-corrected chi connectivity index (χ2v) is 4.46. The van der Waals surface area contributed by atoms with Crippen molar-refractivity contribution in [2.75, 3.05) is 0 Å². The zero-order valence-corrected chi connectivity index (χ0v) is 7.12. The van der Waals surface area contributed by atoms with Crippen LogP contribution < -0.4 is 0 Å². The molecule has 0 aromatic rings. The molecule has 5 atom stereocenters. The molecule has 3 rings (SSSR count). The van der Waals surface area contributed by atoms with E-state index in [4.69, 9.17) is 4.74 Å². The normalized spacial score (nSPS) is 59.2. The van der Waals surface area contributed by atoms with Gasteiger partial charge >= 0.3 is 0 Å². The Bertz CT molecular complexity index is 171. The smallest absolute Gasteiger partial charge is 0.0875 e. The Kier molecular flexibility index (Phi) is 1.18. The molecule has 1 heteroatoms. The van der Waals surface area contributed by atoms with Gasteiger partial charge in [0.2, 0.25) is 0 Å². The first-order valence-electron chi connectivity index (χ1n) is 5.05. The largest absolute Gasteiger partial charge is 0.369 e. The fourth-order valence-electron chi connectivity index (χ4n) is 3.28. The molecular weight excluding hydrogens is 136 g/mol. The fraction of sp³-hybridized carbons (Fsp3) is 1.00. The standard InChI is InChI=1S/C10H16O/c1-2-6-5-7-3-4-8-10(11-8)9(6)7/h6-10H,2-5H2,1H3. The minimum absolute atomic E-state index is 0.700. The highest BCUT2D eigenvalue weighted by Crippen LogP contribution is 2.57. The van der Waals surface area contributed by atoms with Gasteiger partial charge in [-0.25, -0.2) is 0 Å². The van der Waals surface area contributed by atoms with Crippen molar-refractivity contribution in [1.82, 2.24) is 0 Å². The Morgan fingerprint density at radius 2 is 2.27 bits per heavy atom. The maximum atomic E-state index is 5.64. The van der Waals surface area contributed by atoms with Crippen LogP contribution in [0.1, 0.15) is 32.6 Å². The van der Waals surface area contributed by atoms with Gasteiger partial charge in [-0.2, -0.15) is 0 Å². The molecule has 62 valence electrons. The Labute approximate surface area is 68.1 Å². The maximum Gasteiger partial charge on any atom is 0.0875 e. The Hall–Kier alpha value is -0.0400. The molecule has 0 aromatic heterocycles. The van der Waals surface area contributed by atoms with Crippen LogP contribution in [0.5, 0.6) is 0 Å². The van der Waals surface area contributed by atoms with E-state index in [1.54, 1.807) is 0 Å². The monoisotopic (exact) mass is 152 g/mol. The quantitative estimate of drug-likeness (QED) is 0.525. The lowest BCUT2D eigenvalue weighted by molar-refractivity contribution is 0.0310. The maximum absolute atomic E-state index is 5.64. The number of rotatable bonds is 1. The van der Waals surface area contributed by atoms with E-state index in [9.17, 15) is 0 Å². The molecule has 1 saturated heterocycles. The SMILES string of the molecule is CCC1CC2CCC3OC3C12. The summed E-state index contributed by atoms with van der Waals surface area (Å²) in [5, 5.41) is 0. The molecule has 0 radical (unpaired) electrons. The first-order chi connectivity index (χ1) is 5.40. The van der Waals surface area contributed by atoms with Crippen LogP contribution in [0.3, 0.4) is 0 Å². The van der Waals surface area contributed by atoms with Gasteiger partial charge in [0.25, 0.3) is 0 Å². The van der Waals surface area contributed by atoms with E-state index < -0.39 is 0 Å². The predicted molar refractivity (Wildman–Crippen MR) is 43.3 cm³/mol. The van der Waals surface area contributed by atoms with Crippen molar-refractivity contribution >= 4 is 0 Å². The van der Waals surface area contributed by atoms with Crippen molar-refractivity contribution in [1.29, 1.82) is 0 Å². The third kappa shape index (κ3) is 0.752. The van der Waals surface area contributed by atoms with Crippen molar-refractivity contribution in [3.05, 3.63) is 0 Å². The van der Waals surface area contributed by atoms with Gasteiger partial charge in [-0.15, -0.1) is 0 Å². The van der Waals surface area contributed by atoms with Crippen molar-refractivity contribution in [2.45, 2.75) is 44.8 Å². The Morgan fingerprint density at radius 3 is 3.09 bits per heavy atom. The Balaban J connectivity index is 1.74. The number of hydrogen-bond acceptors (Lipinski definition) is 1. The van der Waals surface area contributed by atoms with Gasteiger partial charge in [0.05, 0.1) is 12.2 Å². The molecule has 1 nitrogen and oxygen atoms in total. The molecule has 3 aliphatic rings. The minimum atomic E-state index is 0.700. The summed E-state index contributed by atoms with van der Waals surface area (Å²) in [5.41, 5.74) is 0. The summed E-state index contributed by atoms with van der Waals surface area (Å²) in [6.45, 7) is 2.33. The molecule has 11 heavy (non-hydrogen) atoms. The van der Waals surface area contributed by atoms with Crippen LogP contribution in [0.15, 0.2) is 0 Å². The number of hydrogen-bond donors (Lipinski definition) is 0. The molecule has 0 spiro atoms. The third-order valence-electron chi connectivity index (χ3n) is 4.04. The van der Waals surface area contributed by atoms with E-state index in [0.29, 0.717) is 12.2 Å². The van der Waals surface area contributed by atoms with Crippen LogP contribution in [-0.4, -0.2) is 12.2 Å². The molecule has 2 aliphatic carbocycles. The lowest BCUT2D eigenvalue weighted by Crippen LogP contribution is -2.43. The van der Waals surface area contributed by atoms with Crippen LogP contribution in [0, 0.1) is 17.8 Å². The third-order valence-corrected chi connectivity index (χ3v) is 4.04. The molecule has 0 aromatic carbocycles. The van der Waals surface area contributed by atoms with Crippen LogP contribution in [0.25, 0.3) is 0 Å². The zero-order chi connectivity index (χ0) is 7.42. The summed E-state index contributed by atoms with van der Waals surface area (Å²) < 4.78 is 5.64. The first-order valence-corrected chi connectivity index (χ1v) is 5.05. The summed E-state index contributed by atoms with van der Waals surface area (Å²) in [6, 6.07) is 0. The molecule has 1 aliphatic heterocycles. The van der Waals surface area contributed by atoms with E-state index in [-0.39, 0.29) is 0 Å². The summed E-state index contributed by atoms with van der Waals surface area (Å²) >= 11 is 0. The van der Waals surface area contributed by atoms with Crippen LogP contribution in [0.4, 0.5) is 0 Å².